The Morgan fingerprint density at radius 3 is 2.60 bits per heavy atom. The van der Waals surface area contributed by atoms with Crippen molar-refractivity contribution < 1.29 is 5.11 Å². The van der Waals surface area contributed by atoms with Crippen LogP contribution < -0.4 is 4.90 Å². The van der Waals surface area contributed by atoms with Crippen LogP contribution >= 0.6 is 15.9 Å². The van der Waals surface area contributed by atoms with E-state index in [-0.39, 0.29) is 0 Å². The van der Waals surface area contributed by atoms with Crippen LogP contribution in [0.25, 0.3) is 0 Å². The largest absolute Gasteiger partial charge is 0.389 e. The fourth-order valence-electron chi connectivity index (χ4n) is 2.74. The minimum Gasteiger partial charge on any atom is -0.389 e. The highest BCUT2D eigenvalue weighted by molar-refractivity contribution is 9.10. The molecule has 0 saturated carbocycles. The maximum Gasteiger partial charge on any atom is 0.0762 e. The van der Waals surface area contributed by atoms with Crippen LogP contribution in [0.15, 0.2) is 46.9 Å². The second kappa shape index (κ2) is 5.58. The highest BCUT2D eigenvalue weighted by atomic mass is 79.9. The third-order valence-corrected chi connectivity index (χ3v) is 4.56. The monoisotopic (exact) mass is 331 g/mol. The molecule has 20 heavy (non-hydrogen) atoms. The highest BCUT2D eigenvalue weighted by Crippen LogP contribution is 2.32. The summed E-state index contributed by atoms with van der Waals surface area (Å²) < 4.78 is 1.05. The SMILES string of the molecule is C[C@H](O)c1ccc(N2CCc3ccccc3C2)c(Br)c1. The molecule has 3 heteroatoms. The number of benzene rings is 2. The first-order valence-corrected chi connectivity index (χ1v) is 7.73. The maximum absolute atomic E-state index is 9.65. The van der Waals surface area contributed by atoms with Gasteiger partial charge in [0, 0.05) is 17.6 Å². The van der Waals surface area contributed by atoms with E-state index in [1.54, 1.807) is 6.92 Å². The number of fused-ring (bicyclic) bond motifs is 1. The van der Waals surface area contributed by atoms with E-state index in [2.05, 4.69) is 51.2 Å². The second-order valence-electron chi connectivity index (χ2n) is 5.33. The van der Waals surface area contributed by atoms with Gasteiger partial charge in [-0.3, -0.25) is 0 Å². The van der Waals surface area contributed by atoms with Crippen molar-refractivity contribution in [1.82, 2.24) is 0 Å². The average Bonchev–Trinajstić information content (AvgIpc) is 2.46. The normalized spacial score (nSPS) is 15.8. The van der Waals surface area contributed by atoms with Crippen molar-refractivity contribution in [3.8, 4) is 0 Å². The zero-order valence-electron chi connectivity index (χ0n) is 11.5. The summed E-state index contributed by atoms with van der Waals surface area (Å²) in [6, 6.07) is 14.8. The first kappa shape index (κ1) is 13.7. The van der Waals surface area contributed by atoms with E-state index in [1.165, 1.54) is 16.8 Å². The smallest absolute Gasteiger partial charge is 0.0762 e. The Morgan fingerprint density at radius 1 is 1.15 bits per heavy atom. The van der Waals surface area contributed by atoms with Crippen LogP contribution in [0, 0.1) is 0 Å². The van der Waals surface area contributed by atoms with Crippen LogP contribution in [0.5, 0.6) is 0 Å². The second-order valence-corrected chi connectivity index (χ2v) is 6.18. The summed E-state index contributed by atoms with van der Waals surface area (Å²) in [7, 11) is 0. The molecule has 2 aromatic carbocycles. The molecule has 0 aromatic heterocycles. The minimum atomic E-state index is -0.428. The van der Waals surface area contributed by atoms with Crippen molar-refractivity contribution >= 4 is 21.6 Å². The molecule has 0 saturated heterocycles. The standard InChI is InChI=1S/C17H18BrNO/c1-12(20)14-6-7-17(16(18)10-14)19-9-8-13-4-2-3-5-15(13)11-19/h2-7,10,12,20H,8-9,11H2,1H3/t12-/m0/s1. The molecule has 0 fully saturated rings. The third-order valence-electron chi connectivity index (χ3n) is 3.93. The van der Waals surface area contributed by atoms with Gasteiger partial charge in [0.05, 0.1) is 11.8 Å². The lowest BCUT2D eigenvalue weighted by atomic mass is 9.99. The lowest BCUT2D eigenvalue weighted by Gasteiger charge is -2.31. The number of hydrogen-bond acceptors (Lipinski definition) is 2. The van der Waals surface area contributed by atoms with E-state index in [0.717, 1.165) is 29.5 Å². The van der Waals surface area contributed by atoms with Crippen LogP contribution in [-0.2, 0) is 13.0 Å². The molecule has 0 aliphatic carbocycles. The summed E-state index contributed by atoms with van der Waals surface area (Å²) in [4.78, 5) is 2.39. The molecule has 1 heterocycles. The summed E-state index contributed by atoms with van der Waals surface area (Å²) in [6.07, 6.45) is 0.656. The third kappa shape index (κ3) is 2.60. The first-order valence-electron chi connectivity index (χ1n) is 6.94. The van der Waals surface area contributed by atoms with Gasteiger partial charge in [-0.25, -0.2) is 0 Å². The van der Waals surface area contributed by atoms with Crippen molar-refractivity contribution in [2.24, 2.45) is 0 Å². The molecule has 1 N–H and O–H groups in total. The zero-order valence-corrected chi connectivity index (χ0v) is 13.1. The zero-order chi connectivity index (χ0) is 14.1. The molecule has 0 amide bonds. The maximum atomic E-state index is 9.65. The lowest BCUT2D eigenvalue weighted by Crippen LogP contribution is -2.30. The van der Waals surface area contributed by atoms with Crippen LogP contribution in [0.3, 0.4) is 0 Å². The van der Waals surface area contributed by atoms with Crippen molar-refractivity contribution in [3.63, 3.8) is 0 Å². The molecule has 0 unspecified atom stereocenters. The summed E-state index contributed by atoms with van der Waals surface area (Å²) in [5, 5.41) is 9.65. The van der Waals surface area contributed by atoms with Crippen molar-refractivity contribution in [2.75, 3.05) is 11.4 Å². The Hall–Kier alpha value is -1.32. The van der Waals surface area contributed by atoms with E-state index >= 15 is 0 Å². The fraction of sp³-hybridized carbons (Fsp3) is 0.294. The van der Waals surface area contributed by atoms with Crippen LogP contribution in [-0.4, -0.2) is 11.7 Å². The topological polar surface area (TPSA) is 23.5 Å². The summed E-state index contributed by atoms with van der Waals surface area (Å²) >= 11 is 3.64. The molecule has 0 spiro atoms. The van der Waals surface area contributed by atoms with Crippen LogP contribution in [0.1, 0.15) is 29.7 Å². The number of anilines is 1. The van der Waals surface area contributed by atoms with Gasteiger partial charge in [0.15, 0.2) is 0 Å². The molecule has 3 rings (SSSR count). The van der Waals surface area contributed by atoms with Gasteiger partial charge in [-0.05, 0) is 58.1 Å². The summed E-state index contributed by atoms with van der Waals surface area (Å²) in [5.74, 6) is 0. The van der Waals surface area contributed by atoms with Gasteiger partial charge in [0.25, 0.3) is 0 Å². The van der Waals surface area contributed by atoms with Gasteiger partial charge in [0.1, 0.15) is 0 Å². The van der Waals surface area contributed by atoms with Crippen molar-refractivity contribution in [2.45, 2.75) is 26.0 Å². The fourth-order valence-corrected chi connectivity index (χ4v) is 3.39. The van der Waals surface area contributed by atoms with Crippen LogP contribution in [0.2, 0.25) is 0 Å². The predicted octanol–water partition coefficient (Wildman–Crippen LogP) is 4.07. The van der Waals surface area contributed by atoms with Gasteiger partial charge in [-0.15, -0.1) is 0 Å². The number of aliphatic hydroxyl groups excluding tert-OH is 1. The van der Waals surface area contributed by atoms with Gasteiger partial charge >= 0.3 is 0 Å². The Kier molecular flexibility index (Phi) is 3.81. The lowest BCUT2D eigenvalue weighted by molar-refractivity contribution is 0.199. The Bertz CT molecular complexity index is 624. The molecule has 1 aliphatic rings. The molecule has 0 radical (unpaired) electrons. The number of nitrogens with zero attached hydrogens (tertiary/aromatic N) is 1. The highest BCUT2D eigenvalue weighted by Gasteiger charge is 2.18. The molecule has 104 valence electrons. The number of halogens is 1. The Balaban J connectivity index is 1.88. The molecule has 1 atom stereocenters. The quantitative estimate of drug-likeness (QED) is 0.896. The van der Waals surface area contributed by atoms with E-state index in [0.29, 0.717) is 0 Å². The molecule has 2 nitrogen and oxygen atoms in total. The summed E-state index contributed by atoms with van der Waals surface area (Å²) in [6.45, 7) is 3.77. The van der Waals surface area contributed by atoms with Crippen LogP contribution in [0.4, 0.5) is 5.69 Å². The van der Waals surface area contributed by atoms with E-state index < -0.39 is 6.10 Å². The van der Waals surface area contributed by atoms with Crippen molar-refractivity contribution in [3.05, 3.63) is 63.6 Å². The van der Waals surface area contributed by atoms with Gasteiger partial charge in [-0.2, -0.15) is 0 Å². The summed E-state index contributed by atoms with van der Waals surface area (Å²) in [5.41, 5.74) is 5.01. The Morgan fingerprint density at radius 2 is 1.90 bits per heavy atom. The van der Waals surface area contributed by atoms with E-state index in [4.69, 9.17) is 0 Å². The molecular formula is C17H18BrNO. The van der Waals surface area contributed by atoms with Gasteiger partial charge in [0.2, 0.25) is 0 Å². The van der Waals surface area contributed by atoms with E-state index in [1.807, 2.05) is 12.1 Å². The molecule has 1 aliphatic heterocycles. The Labute approximate surface area is 128 Å². The number of hydrogen-bond donors (Lipinski definition) is 1. The molecular weight excluding hydrogens is 314 g/mol. The number of rotatable bonds is 2. The number of aliphatic hydroxyl groups is 1. The van der Waals surface area contributed by atoms with E-state index in [9.17, 15) is 5.11 Å². The predicted molar refractivity (Wildman–Crippen MR) is 86.0 cm³/mol. The molecule has 0 bridgehead atoms. The van der Waals surface area contributed by atoms with Gasteiger partial charge in [-0.1, -0.05) is 30.3 Å². The van der Waals surface area contributed by atoms with Crippen molar-refractivity contribution in [1.29, 1.82) is 0 Å². The minimum absolute atomic E-state index is 0.428. The average molecular weight is 332 g/mol. The first-order chi connectivity index (χ1) is 9.65. The van der Waals surface area contributed by atoms with Gasteiger partial charge < -0.3 is 10.0 Å². The molecule has 2 aromatic rings.